The Morgan fingerprint density at radius 3 is 2.19 bits per heavy atom. The van der Waals surface area contributed by atoms with Crippen LogP contribution in [-0.4, -0.2) is 17.0 Å². The van der Waals surface area contributed by atoms with Crippen molar-refractivity contribution in [3.8, 4) is 0 Å². The van der Waals surface area contributed by atoms with Crippen molar-refractivity contribution in [1.82, 2.24) is 0 Å². The molecule has 0 radical (unpaired) electrons. The molecule has 0 fully saturated rings. The van der Waals surface area contributed by atoms with E-state index in [-0.39, 0.29) is 11.5 Å². The number of carboxylic acids is 1. The van der Waals surface area contributed by atoms with E-state index < -0.39 is 5.97 Å². The number of anilines is 1. The molecule has 0 bridgehead atoms. The van der Waals surface area contributed by atoms with E-state index >= 15 is 0 Å². The number of hydrogen-bond donors (Lipinski definition) is 2. The van der Waals surface area contributed by atoms with E-state index in [2.05, 4.69) is 37.2 Å². The lowest BCUT2D eigenvalue weighted by atomic mass is 10.1. The van der Waals surface area contributed by atoms with Crippen LogP contribution in [0.25, 0.3) is 0 Å². The Bertz CT molecular complexity index is 709. The maximum atomic E-state index is 12.3. The quantitative estimate of drug-likeness (QED) is 0.781. The zero-order chi connectivity index (χ0) is 15.6. The summed E-state index contributed by atoms with van der Waals surface area (Å²) in [5.74, 6) is -1.33. The van der Waals surface area contributed by atoms with Crippen LogP contribution in [-0.2, 0) is 0 Å². The molecule has 0 aliphatic rings. The van der Waals surface area contributed by atoms with E-state index in [4.69, 9.17) is 5.11 Å². The van der Waals surface area contributed by atoms with Gasteiger partial charge >= 0.3 is 5.97 Å². The number of rotatable bonds is 3. The van der Waals surface area contributed by atoms with E-state index in [1.54, 1.807) is 25.1 Å². The number of benzene rings is 2. The smallest absolute Gasteiger partial charge is 0.335 e. The Labute approximate surface area is 138 Å². The lowest BCUT2D eigenvalue weighted by Crippen LogP contribution is -2.13. The van der Waals surface area contributed by atoms with Crippen LogP contribution in [0.3, 0.4) is 0 Å². The van der Waals surface area contributed by atoms with Crippen LogP contribution in [0.2, 0.25) is 0 Å². The minimum absolute atomic E-state index is 0.131. The van der Waals surface area contributed by atoms with Crippen LogP contribution in [0.1, 0.15) is 26.3 Å². The molecule has 2 aromatic rings. The van der Waals surface area contributed by atoms with Gasteiger partial charge in [-0.15, -0.1) is 0 Å². The van der Waals surface area contributed by atoms with Gasteiger partial charge in [0, 0.05) is 20.2 Å². The molecular formula is C15H11Br2NO3. The fraction of sp³-hybridized carbons (Fsp3) is 0.0667. The topological polar surface area (TPSA) is 66.4 Å². The normalized spacial score (nSPS) is 10.2. The van der Waals surface area contributed by atoms with Crippen molar-refractivity contribution < 1.29 is 14.7 Å². The Morgan fingerprint density at radius 2 is 1.62 bits per heavy atom. The Hall–Kier alpha value is -1.66. The first-order valence-electron chi connectivity index (χ1n) is 5.98. The van der Waals surface area contributed by atoms with Gasteiger partial charge in [0.25, 0.3) is 5.91 Å². The van der Waals surface area contributed by atoms with Crippen LogP contribution >= 0.6 is 31.9 Å². The number of carbonyl (C=O) groups is 2. The molecule has 0 heterocycles. The highest BCUT2D eigenvalue weighted by molar-refractivity contribution is 9.11. The van der Waals surface area contributed by atoms with Gasteiger partial charge in [0.2, 0.25) is 0 Å². The average Bonchev–Trinajstić information content (AvgIpc) is 2.39. The number of carbonyl (C=O) groups excluding carboxylic acids is 1. The van der Waals surface area contributed by atoms with Gasteiger partial charge in [0.05, 0.1) is 5.56 Å². The summed E-state index contributed by atoms with van der Waals surface area (Å²) in [4.78, 5) is 23.2. The molecule has 108 valence electrons. The van der Waals surface area contributed by atoms with Crippen LogP contribution in [0.15, 0.2) is 45.3 Å². The molecule has 0 saturated heterocycles. The minimum atomic E-state index is -1.03. The zero-order valence-corrected chi connectivity index (χ0v) is 14.2. The summed E-state index contributed by atoms with van der Waals surface area (Å²) in [6.07, 6.45) is 0. The first kappa shape index (κ1) is 15.7. The standard InChI is InChI=1S/C15H11Br2NO3/c1-8-2-3-9(15(20)21)6-13(8)18-14(19)10-4-11(16)7-12(17)5-10/h2-7H,1H3,(H,18,19)(H,20,21). The fourth-order valence-corrected chi connectivity index (χ4v) is 3.06. The molecule has 0 aliphatic carbocycles. The van der Waals surface area contributed by atoms with Crippen molar-refractivity contribution >= 4 is 49.4 Å². The third-order valence-corrected chi connectivity index (χ3v) is 3.77. The number of amides is 1. The number of aryl methyl sites for hydroxylation is 1. The van der Waals surface area contributed by atoms with E-state index in [1.807, 2.05) is 6.07 Å². The maximum Gasteiger partial charge on any atom is 0.335 e. The second kappa shape index (κ2) is 6.41. The number of nitrogens with one attached hydrogen (secondary N) is 1. The Morgan fingerprint density at radius 1 is 1.00 bits per heavy atom. The summed E-state index contributed by atoms with van der Waals surface area (Å²) in [5.41, 5.74) is 1.88. The number of carboxylic acid groups (broad SMARTS) is 1. The summed E-state index contributed by atoms with van der Waals surface area (Å²) >= 11 is 6.65. The molecule has 0 unspecified atom stereocenters. The third kappa shape index (κ3) is 3.92. The van der Waals surface area contributed by atoms with Gasteiger partial charge in [-0.25, -0.2) is 4.79 Å². The van der Waals surface area contributed by atoms with E-state index in [0.29, 0.717) is 11.3 Å². The monoisotopic (exact) mass is 411 g/mol. The molecule has 2 aromatic carbocycles. The highest BCUT2D eigenvalue weighted by Gasteiger charge is 2.11. The minimum Gasteiger partial charge on any atom is -0.478 e. The van der Waals surface area contributed by atoms with Crippen LogP contribution in [0, 0.1) is 6.92 Å². The van der Waals surface area contributed by atoms with Gasteiger partial charge in [0.1, 0.15) is 0 Å². The Balaban J connectivity index is 2.31. The zero-order valence-electron chi connectivity index (χ0n) is 11.0. The molecule has 6 heteroatoms. The summed E-state index contributed by atoms with van der Waals surface area (Å²) < 4.78 is 1.55. The first-order valence-corrected chi connectivity index (χ1v) is 7.57. The average molecular weight is 413 g/mol. The molecule has 1 amide bonds. The van der Waals surface area contributed by atoms with Gasteiger partial charge in [-0.3, -0.25) is 4.79 Å². The summed E-state index contributed by atoms with van der Waals surface area (Å²) in [6.45, 7) is 1.80. The molecule has 0 spiro atoms. The molecule has 0 aliphatic heterocycles. The molecule has 21 heavy (non-hydrogen) atoms. The van der Waals surface area contributed by atoms with Gasteiger partial charge in [0.15, 0.2) is 0 Å². The van der Waals surface area contributed by atoms with Crippen molar-refractivity contribution in [2.45, 2.75) is 6.92 Å². The molecular weight excluding hydrogens is 402 g/mol. The van der Waals surface area contributed by atoms with Crippen molar-refractivity contribution in [1.29, 1.82) is 0 Å². The first-order chi connectivity index (χ1) is 9.86. The van der Waals surface area contributed by atoms with Crippen LogP contribution in [0.4, 0.5) is 5.69 Å². The highest BCUT2D eigenvalue weighted by atomic mass is 79.9. The molecule has 0 atom stereocenters. The Kier molecular flexibility index (Phi) is 4.80. The lowest BCUT2D eigenvalue weighted by Gasteiger charge is -2.10. The molecule has 4 nitrogen and oxygen atoms in total. The number of halogens is 2. The maximum absolute atomic E-state index is 12.3. The van der Waals surface area contributed by atoms with Gasteiger partial charge < -0.3 is 10.4 Å². The third-order valence-electron chi connectivity index (χ3n) is 2.86. The summed E-state index contributed by atoms with van der Waals surface area (Å²) in [5, 5.41) is 11.7. The van der Waals surface area contributed by atoms with Crippen molar-refractivity contribution in [3.05, 3.63) is 62.0 Å². The van der Waals surface area contributed by atoms with Crippen molar-refractivity contribution in [2.24, 2.45) is 0 Å². The van der Waals surface area contributed by atoms with Crippen molar-refractivity contribution in [3.63, 3.8) is 0 Å². The van der Waals surface area contributed by atoms with Gasteiger partial charge in [-0.05, 0) is 42.8 Å². The molecule has 2 N–H and O–H groups in total. The second-order valence-corrected chi connectivity index (χ2v) is 6.28. The van der Waals surface area contributed by atoms with E-state index in [0.717, 1.165) is 14.5 Å². The summed E-state index contributed by atoms with van der Waals surface area (Å²) in [7, 11) is 0. The lowest BCUT2D eigenvalue weighted by molar-refractivity contribution is 0.0696. The van der Waals surface area contributed by atoms with E-state index in [1.165, 1.54) is 12.1 Å². The molecule has 0 saturated carbocycles. The second-order valence-electron chi connectivity index (χ2n) is 4.45. The largest absolute Gasteiger partial charge is 0.478 e. The van der Waals surface area contributed by atoms with Crippen molar-refractivity contribution in [2.75, 3.05) is 5.32 Å². The SMILES string of the molecule is Cc1ccc(C(=O)O)cc1NC(=O)c1cc(Br)cc(Br)c1. The molecule has 2 rings (SSSR count). The van der Waals surface area contributed by atoms with E-state index in [9.17, 15) is 9.59 Å². The number of hydrogen-bond acceptors (Lipinski definition) is 2. The van der Waals surface area contributed by atoms with Gasteiger partial charge in [-0.1, -0.05) is 37.9 Å². The summed E-state index contributed by atoms with van der Waals surface area (Å²) in [6, 6.07) is 9.82. The molecule has 0 aromatic heterocycles. The van der Waals surface area contributed by atoms with Crippen LogP contribution in [0.5, 0.6) is 0 Å². The van der Waals surface area contributed by atoms with Gasteiger partial charge in [-0.2, -0.15) is 0 Å². The fourth-order valence-electron chi connectivity index (χ4n) is 1.77. The number of aromatic carboxylic acids is 1. The predicted molar refractivity (Wildman–Crippen MR) is 87.9 cm³/mol. The van der Waals surface area contributed by atoms with Crippen LogP contribution < -0.4 is 5.32 Å². The highest BCUT2D eigenvalue weighted by Crippen LogP contribution is 2.22. The predicted octanol–water partition coefficient (Wildman–Crippen LogP) is 4.47.